The molecule has 0 aromatic carbocycles. The Morgan fingerprint density at radius 3 is 2.71 bits per heavy atom. The van der Waals surface area contributed by atoms with Crippen molar-refractivity contribution in [3.8, 4) is 0 Å². The fraction of sp³-hybridized carbons (Fsp3) is 0.700. The molecule has 0 aliphatic heterocycles. The second-order valence-corrected chi connectivity index (χ2v) is 3.10. The predicted octanol–water partition coefficient (Wildman–Crippen LogP) is 0.629. The van der Waals surface area contributed by atoms with Crippen LogP contribution >= 0.6 is 0 Å². The second kappa shape index (κ2) is 7.53. The molecule has 2 N–H and O–H groups in total. The fourth-order valence-corrected chi connectivity index (χ4v) is 0.779. The first-order valence-electron chi connectivity index (χ1n) is 4.74. The van der Waals surface area contributed by atoms with Crippen molar-refractivity contribution in [1.82, 2.24) is 0 Å². The first kappa shape index (κ1) is 13.1. The molecule has 82 valence electrons. The van der Waals surface area contributed by atoms with Gasteiger partial charge in [0.15, 0.2) is 0 Å². The van der Waals surface area contributed by atoms with Crippen molar-refractivity contribution in [2.24, 2.45) is 0 Å². The Hall–Kier alpha value is -0.870. The van der Waals surface area contributed by atoms with Crippen molar-refractivity contribution >= 4 is 5.97 Å². The van der Waals surface area contributed by atoms with Crippen LogP contribution in [0.25, 0.3) is 0 Å². The maximum absolute atomic E-state index is 11.2. The van der Waals surface area contributed by atoms with Gasteiger partial charge in [-0.2, -0.15) is 0 Å². The highest BCUT2D eigenvalue weighted by Gasteiger charge is 2.06. The van der Waals surface area contributed by atoms with E-state index in [9.17, 15) is 4.79 Å². The molecule has 0 aliphatic rings. The Kier molecular flexibility index (Phi) is 7.06. The van der Waals surface area contributed by atoms with E-state index in [4.69, 9.17) is 14.9 Å². The van der Waals surface area contributed by atoms with Crippen LogP contribution < -0.4 is 0 Å². The summed E-state index contributed by atoms with van der Waals surface area (Å²) in [5.74, 6) is -0.364. The molecule has 0 aromatic heterocycles. The third-order valence-corrected chi connectivity index (χ3v) is 1.67. The van der Waals surface area contributed by atoms with Crippen LogP contribution in [-0.2, 0) is 9.53 Å². The van der Waals surface area contributed by atoms with Crippen molar-refractivity contribution in [2.45, 2.75) is 32.8 Å². The lowest BCUT2D eigenvalue weighted by atomic mass is 10.2. The van der Waals surface area contributed by atoms with Gasteiger partial charge < -0.3 is 14.9 Å². The normalized spacial score (nSPS) is 13.9. The Balaban J connectivity index is 3.91. The fourth-order valence-electron chi connectivity index (χ4n) is 0.779. The van der Waals surface area contributed by atoms with Crippen molar-refractivity contribution < 1.29 is 19.7 Å². The Morgan fingerprint density at radius 1 is 1.57 bits per heavy atom. The molecule has 1 atom stereocenters. The molecule has 0 heterocycles. The summed E-state index contributed by atoms with van der Waals surface area (Å²) in [6, 6.07) is 0. The molecular formula is C10H18O4. The molecule has 0 rings (SSSR count). The van der Waals surface area contributed by atoms with E-state index < -0.39 is 6.10 Å². The highest BCUT2D eigenvalue weighted by molar-refractivity contribution is 5.87. The van der Waals surface area contributed by atoms with E-state index in [0.717, 1.165) is 6.42 Å². The van der Waals surface area contributed by atoms with Gasteiger partial charge >= 0.3 is 5.97 Å². The number of esters is 1. The summed E-state index contributed by atoms with van der Waals surface area (Å²) in [6.07, 6.45) is 1.82. The van der Waals surface area contributed by atoms with Gasteiger partial charge in [0, 0.05) is 5.57 Å². The summed E-state index contributed by atoms with van der Waals surface area (Å²) >= 11 is 0. The van der Waals surface area contributed by atoms with Gasteiger partial charge in [-0.1, -0.05) is 13.0 Å². The van der Waals surface area contributed by atoms with E-state index in [2.05, 4.69) is 0 Å². The second-order valence-electron chi connectivity index (χ2n) is 3.10. The van der Waals surface area contributed by atoms with Gasteiger partial charge in [-0.15, -0.1) is 0 Å². The van der Waals surface area contributed by atoms with Crippen LogP contribution in [0.15, 0.2) is 11.6 Å². The van der Waals surface area contributed by atoms with Crippen molar-refractivity contribution in [2.75, 3.05) is 13.2 Å². The Morgan fingerprint density at radius 2 is 2.21 bits per heavy atom. The van der Waals surface area contributed by atoms with Gasteiger partial charge in [0.2, 0.25) is 0 Å². The van der Waals surface area contributed by atoms with Gasteiger partial charge in [0.1, 0.15) is 0 Å². The van der Waals surface area contributed by atoms with Crippen molar-refractivity contribution in [1.29, 1.82) is 0 Å². The predicted molar refractivity (Wildman–Crippen MR) is 52.7 cm³/mol. The molecular weight excluding hydrogens is 184 g/mol. The molecule has 0 amide bonds. The highest BCUT2D eigenvalue weighted by atomic mass is 16.5. The summed E-state index contributed by atoms with van der Waals surface area (Å²) in [5.41, 5.74) is 0.464. The van der Waals surface area contributed by atoms with E-state index in [1.54, 1.807) is 13.0 Å². The zero-order chi connectivity index (χ0) is 11.0. The molecule has 0 saturated carbocycles. The molecule has 0 spiro atoms. The van der Waals surface area contributed by atoms with E-state index in [-0.39, 0.29) is 19.0 Å². The van der Waals surface area contributed by atoms with Gasteiger partial charge in [0.25, 0.3) is 0 Å². The van der Waals surface area contributed by atoms with E-state index >= 15 is 0 Å². The number of rotatable bonds is 6. The van der Waals surface area contributed by atoms with Crippen molar-refractivity contribution in [3.63, 3.8) is 0 Å². The topological polar surface area (TPSA) is 66.8 Å². The maximum atomic E-state index is 11.2. The van der Waals surface area contributed by atoms with Crippen LogP contribution in [0.4, 0.5) is 0 Å². The molecule has 4 heteroatoms. The number of aliphatic hydroxyl groups is 2. The lowest BCUT2D eigenvalue weighted by molar-refractivity contribution is -0.139. The zero-order valence-corrected chi connectivity index (χ0v) is 8.69. The maximum Gasteiger partial charge on any atom is 0.333 e. The Labute approximate surface area is 84.2 Å². The molecule has 1 unspecified atom stereocenters. The average molecular weight is 202 g/mol. The summed E-state index contributed by atoms with van der Waals surface area (Å²) in [4.78, 5) is 11.2. The van der Waals surface area contributed by atoms with Gasteiger partial charge in [-0.05, 0) is 19.8 Å². The number of carbonyl (C=O) groups excluding carboxylic acids is 1. The number of hydrogen-bond acceptors (Lipinski definition) is 4. The number of carbonyl (C=O) groups is 1. The highest BCUT2D eigenvalue weighted by Crippen LogP contribution is 2.01. The number of aliphatic hydroxyl groups excluding tert-OH is 2. The molecule has 0 radical (unpaired) electrons. The minimum atomic E-state index is -0.802. The molecule has 0 bridgehead atoms. The molecule has 0 aromatic rings. The van der Waals surface area contributed by atoms with Crippen LogP contribution in [0, 0.1) is 0 Å². The lowest BCUT2D eigenvalue weighted by Crippen LogP contribution is -2.12. The van der Waals surface area contributed by atoms with Crippen LogP contribution in [0.5, 0.6) is 0 Å². The van der Waals surface area contributed by atoms with Crippen LogP contribution in [0.3, 0.4) is 0 Å². The summed E-state index contributed by atoms with van der Waals surface area (Å²) in [6.45, 7) is 3.66. The van der Waals surface area contributed by atoms with E-state index in [1.165, 1.54) is 0 Å². The first-order chi connectivity index (χ1) is 6.61. The number of hydrogen-bond donors (Lipinski definition) is 2. The van der Waals surface area contributed by atoms with E-state index in [0.29, 0.717) is 12.2 Å². The average Bonchev–Trinajstić information content (AvgIpc) is 2.21. The minimum absolute atomic E-state index is 0.267. The lowest BCUT2D eigenvalue weighted by Gasteiger charge is -2.05. The third kappa shape index (κ3) is 5.72. The van der Waals surface area contributed by atoms with Crippen molar-refractivity contribution in [3.05, 3.63) is 11.6 Å². The van der Waals surface area contributed by atoms with Crippen LogP contribution in [-0.4, -0.2) is 35.5 Å². The Bertz CT molecular complexity index is 198. The van der Waals surface area contributed by atoms with Gasteiger partial charge in [-0.3, -0.25) is 0 Å². The van der Waals surface area contributed by atoms with Gasteiger partial charge in [-0.25, -0.2) is 4.79 Å². The smallest absolute Gasteiger partial charge is 0.333 e. The van der Waals surface area contributed by atoms with E-state index in [1.807, 2.05) is 6.92 Å². The molecule has 0 saturated heterocycles. The molecule has 4 nitrogen and oxygen atoms in total. The molecule has 0 fully saturated rings. The SMILES string of the molecule is CCCOC(=O)C(C)=CCC(O)CO. The first-order valence-corrected chi connectivity index (χ1v) is 4.74. The third-order valence-electron chi connectivity index (χ3n) is 1.67. The monoisotopic (exact) mass is 202 g/mol. The summed E-state index contributed by atoms with van der Waals surface area (Å²) in [7, 11) is 0. The zero-order valence-electron chi connectivity index (χ0n) is 8.69. The summed E-state index contributed by atoms with van der Waals surface area (Å²) < 4.78 is 4.87. The standard InChI is InChI=1S/C10H18O4/c1-3-6-14-10(13)8(2)4-5-9(12)7-11/h4,9,11-12H,3,5-7H2,1-2H3. The largest absolute Gasteiger partial charge is 0.462 e. The minimum Gasteiger partial charge on any atom is -0.462 e. The quantitative estimate of drug-likeness (QED) is 0.489. The molecule has 14 heavy (non-hydrogen) atoms. The van der Waals surface area contributed by atoms with Gasteiger partial charge in [0.05, 0.1) is 19.3 Å². The van der Waals surface area contributed by atoms with Crippen LogP contribution in [0.2, 0.25) is 0 Å². The van der Waals surface area contributed by atoms with Crippen LogP contribution in [0.1, 0.15) is 26.7 Å². The molecule has 0 aliphatic carbocycles. The summed E-state index contributed by atoms with van der Waals surface area (Å²) in [5, 5.41) is 17.6. The number of ether oxygens (including phenoxy) is 1.